The number of carbonyl (C=O) groups excluding carboxylic acids is 1. The van der Waals surface area contributed by atoms with E-state index >= 15 is 0 Å². The number of hydrogen-bond donors (Lipinski definition) is 1. The summed E-state index contributed by atoms with van der Waals surface area (Å²) < 4.78 is 3.75. The van der Waals surface area contributed by atoms with Gasteiger partial charge in [-0.1, -0.05) is 0 Å². The number of fused-ring (bicyclic) bond motifs is 1. The first kappa shape index (κ1) is 21.1. The molecule has 0 aliphatic carbocycles. The maximum atomic E-state index is 12.9. The van der Waals surface area contributed by atoms with Crippen molar-refractivity contribution in [1.82, 2.24) is 34.3 Å². The number of nitrogens with zero attached hydrogens (tertiary/aromatic N) is 8. The third-order valence-electron chi connectivity index (χ3n) is 6.05. The Bertz CT molecular complexity index is 1310. The van der Waals surface area contributed by atoms with E-state index in [1.165, 1.54) is 0 Å². The highest BCUT2D eigenvalue weighted by atomic mass is 16.2. The molecule has 4 aromatic heterocycles. The van der Waals surface area contributed by atoms with Crippen LogP contribution in [0.1, 0.15) is 21.9 Å². The van der Waals surface area contributed by atoms with Gasteiger partial charge in [-0.3, -0.25) is 9.48 Å². The number of carbonyl (C=O) groups is 1. The number of likely N-dealkylation sites (N-methyl/N-ethyl adjacent to an activating group) is 1. The van der Waals surface area contributed by atoms with Crippen molar-refractivity contribution >= 4 is 23.2 Å². The standard InChI is InChI=1S/C23H27N9O/c1-15-13-19(30(4)28-15)17-6-5-16(2)32-14-18(24-22(17)32)23(33)25-20-7-8-21(27-26-20)31-11-9-29(3)10-12-31/h5-8,13-14H,9-12H2,1-4H3,(H,25,26,33). The quantitative estimate of drug-likeness (QED) is 0.514. The van der Waals surface area contributed by atoms with Crippen molar-refractivity contribution < 1.29 is 4.79 Å². The molecular formula is C23H27N9O. The summed E-state index contributed by atoms with van der Waals surface area (Å²) in [4.78, 5) is 22.1. The number of piperazine rings is 1. The number of amides is 1. The number of rotatable bonds is 4. The van der Waals surface area contributed by atoms with Crippen molar-refractivity contribution in [3.8, 4) is 11.3 Å². The number of aromatic nitrogens is 6. The summed E-state index contributed by atoms with van der Waals surface area (Å²) in [6.45, 7) is 7.75. The highest BCUT2D eigenvalue weighted by Gasteiger charge is 2.19. The summed E-state index contributed by atoms with van der Waals surface area (Å²) in [6, 6.07) is 9.71. The fraction of sp³-hybridized carbons (Fsp3) is 0.348. The minimum atomic E-state index is -0.327. The minimum absolute atomic E-state index is 0.314. The van der Waals surface area contributed by atoms with Crippen LogP contribution in [0.3, 0.4) is 0 Å². The Kier molecular flexibility index (Phi) is 5.29. The van der Waals surface area contributed by atoms with E-state index in [-0.39, 0.29) is 5.91 Å². The van der Waals surface area contributed by atoms with Crippen LogP contribution < -0.4 is 10.2 Å². The van der Waals surface area contributed by atoms with Crippen LogP contribution in [0.4, 0.5) is 11.6 Å². The molecule has 170 valence electrons. The molecule has 1 fully saturated rings. The molecule has 0 bridgehead atoms. The van der Waals surface area contributed by atoms with Gasteiger partial charge in [0.25, 0.3) is 5.91 Å². The lowest BCUT2D eigenvalue weighted by atomic mass is 10.1. The summed E-state index contributed by atoms with van der Waals surface area (Å²) >= 11 is 0. The second-order valence-corrected chi connectivity index (χ2v) is 8.52. The first-order valence-corrected chi connectivity index (χ1v) is 11.0. The maximum Gasteiger partial charge on any atom is 0.277 e. The van der Waals surface area contributed by atoms with Crippen LogP contribution in [-0.4, -0.2) is 73.4 Å². The molecular weight excluding hydrogens is 418 g/mol. The molecule has 0 unspecified atom stereocenters. The van der Waals surface area contributed by atoms with Crippen LogP contribution in [0.5, 0.6) is 0 Å². The average Bonchev–Trinajstić information content (AvgIpc) is 3.39. The summed E-state index contributed by atoms with van der Waals surface area (Å²) in [6.07, 6.45) is 1.75. The zero-order valence-corrected chi connectivity index (χ0v) is 19.3. The van der Waals surface area contributed by atoms with Crippen molar-refractivity contribution in [3.05, 3.63) is 53.6 Å². The topological polar surface area (TPSA) is 96.5 Å². The first-order valence-electron chi connectivity index (χ1n) is 11.0. The predicted molar refractivity (Wildman–Crippen MR) is 127 cm³/mol. The maximum absolute atomic E-state index is 12.9. The molecule has 10 nitrogen and oxygen atoms in total. The van der Waals surface area contributed by atoms with Gasteiger partial charge < -0.3 is 19.5 Å². The molecule has 10 heteroatoms. The van der Waals surface area contributed by atoms with Gasteiger partial charge in [-0.05, 0) is 51.2 Å². The smallest absolute Gasteiger partial charge is 0.277 e. The third-order valence-corrected chi connectivity index (χ3v) is 6.05. The van der Waals surface area contributed by atoms with E-state index < -0.39 is 0 Å². The molecule has 0 spiro atoms. The zero-order valence-electron chi connectivity index (χ0n) is 19.3. The Labute approximate surface area is 191 Å². The SMILES string of the molecule is Cc1cc(-c2ccc(C)n3cc(C(=O)Nc4ccc(N5CCN(C)CC5)nn4)nc23)n(C)n1. The molecule has 0 saturated carbocycles. The molecule has 1 N–H and O–H groups in total. The van der Waals surface area contributed by atoms with Crippen LogP contribution >= 0.6 is 0 Å². The summed E-state index contributed by atoms with van der Waals surface area (Å²) in [5, 5.41) is 15.8. The van der Waals surface area contributed by atoms with Gasteiger partial charge in [0.05, 0.1) is 11.4 Å². The Morgan fingerprint density at radius 1 is 1.00 bits per heavy atom. The van der Waals surface area contributed by atoms with E-state index in [0.29, 0.717) is 17.2 Å². The Morgan fingerprint density at radius 2 is 1.79 bits per heavy atom. The molecule has 4 aromatic rings. The molecule has 0 atom stereocenters. The summed E-state index contributed by atoms with van der Waals surface area (Å²) in [5.41, 5.74) is 4.79. The lowest BCUT2D eigenvalue weighted by molar-refractivity contribution is 0.102. The average molecular weight is 446 g/mol. The molecule has 1 aliphatic heterocycles. The fourth-order valence-corrected chi connectivity index (χ4v) is 4.15. The lowest BCUT2D eigenvalue weighted by Gasteiger charge is -2.32. The van der Waals surface area contributed by atoms with E-state index in [0.717, 1.165) is 54.6 Å². The Hall–Kier alpha value is -3.79. The second-order valence-electron chi connectivity index (χ2n) is 8.52. The van der Waals surface area contributed by atoms with Crippen molar-refractivity contribution in [1.29, 1.82) is 0 Å². The van der Waals surface area contributed by atoms with Crippen LogP contribution in [-0.2, 0) is 7.05 Å². The van der Waals surface area contributed by atoms with Gasteiger partial charge in [-0.25, -0.2) is 4.98 Å². The molecule has 5 heterocycles. The van der Waals surface area contributed by atoms with Gasteiger partial charge in [0, 0.05) is 50.7 Å². The largest absolute Gasteiger partial charge is 0.353 e. The van der Waals surface area contributed by atoms with Gasteiger partial charge in [-0.15, -0.1) is 10.2 Å². The number of nitrogens with one attached hydrogen (secondary N) is 1. The predicted octanol–water partition coefficient (Wildman–Crippen LogP) is 2.15. The second kappa shape index (κ2) is 8.28. The molecule has 0 radical (unpaired) electrons. The monoisotopic (exact) mass is 445 g/mol. The van der Waals surface area contributed by atoms with Crippen LogP contribution in [0, 0.1) is 13.8 Å². The molecule has 1 aliphatic rings. The molecule has 0 aromatic carbocycles. The number of imidazole rings is 1. The highest BCUT2D eigenvalue weighted by Crippen LogP contribution is 2.26. The van der Waals surface area contributed by atoms with Crippen LogP contribution in [0.15, 0.2) is 36.5 Å². The highest BCUT2D eigenvalue weighted by molar-refractivity contribution is 6.03. The summed E-state index contributed by atoms with van der Waals surface area (Å²) in [5.74, 6) is 0.890. The van der Waals surface area contributed by atoms with Gasteiger partial charge in [0.15, 0.2) is 11.6 Å². The van der Waals surface area contributed by atoms with Crippen molar-refractivity contribution in [3.63, 3.8) is 0 Å². The third kappa shape index (κ3) is 4.05. The minimum Gasteiger partial charge on any atom is -0.353 e. The van der Waals surface area contributed by atoms with Gasteiger partial charge in [0.1, 0.15) is 11.3 Å². The number of anilines is 2. The molecule has 1 amide bonds. The van der Waals surface area contributed by atoms with Crippen molar-refractivity contribution in [2.45, 2.75) is 13.8 Å². The van der Waals surface area contributed by atoms with Crippen molar-refractivity contribution in [2.24, 2.45) is 7.05 Å². The fourth-order valence-electron chi connectivity index (χ4n) is 4.15. The molecule has 1 saturated heterocycles. The lowest BCUT2D eigenvalue weighted by Crippen LogP contribution is -2.44. The number of aryl methyl sites for hydroxylation is 3. The first-order chi connectivity index (χ1) is 15.9. The normalized spacial score (nSPS) is 14.7. The zero-order chi connectivity index (χ0) is 23.1. The van der Waals surface area contributed by atoms with Crippen LogP contribution in [0.25, 0.3) is 16.9 Å². The van der Waals surface area contributed by atoms with Gasteiger partial charge in [-0.2, -0.15) is 5.10 Å². The summed E-state index contributed by atoms with van der Waals surface area (Å²) in [7, 11) is 4.02. The molecule has 5 rings (SSSR count). The van der Waals surface area contributed by atoms with E-state index in [1.54, 1.807) is 12.3 Å². The number of hydrogen-bond acceptors (Lipinski definition) is 7. The number of pyridine rings is 1. The Morgan fingerprint density at radius 3 is 2.45 bits per heavy atom. The van der Waals surface area contributed by atoms with E-state index in [9.17, 15) is 4.79 Å². The Balaban J connectivity index is 1.38. The van der Waals surface area contributed by atoms with Crippen LogP contribution in [0.2, 0.25) is 0 Å². The van der Waals surface area contributed by atoms with Crippen molar-refractivity contribution in [2.75, 3.05) is 43.4 Å². The van der Waals surface area contributed by atoms with Gasteiger partial charge in [0.2, 0.25) is 0 Å². The van der Waals surface area contributed by atoms with E-state index in [2.05, 4.69) is 42.4 Å². The molecule has 33 heavy (non-hydrogen) atoms. The van der Waals surface area contributed by atoms with Gasteiger partial charge >= 0.3 is 0 Å². The van der Waals surface area contributed by atoms with E-state index in [4.69, 9.17) is 0 Å². The van der Waals surface area contributed by atoms with E-state index in [1.807, 2.05) is 54.2 Å².